The number of carbonyl (C=O) groups is 1. The zero-order chi connectivity index (χ0) is 16.9. The SMILES string of the molecule is CNS(=O)(=O)c1ccc(CCC(=O)NCc2cnc(C)s2)cc1. The molecular weight excluding hydrogens is 334 g/mol. The maximum atomic E-state index is 11.8. The molecule has 0 fully saturated rings. The number of thiazole rings is 1. The molecule has 23 heavy (non-hydrogen) atoms. The van der Waals surface area contributed by atoms with Gasteiger partial charge in [0.2, 0.25) is 15.9 Å². The molecule has 0 aliphatic carbocycles. The molecule has 124 valence electrons. The Morgan fingerprint density at radius 2 is 1.96 bits per heavy atom. The molecule has 1 aromatic heterocycles. The van der Waals surface area contributed by atoms with Crippen molar-refractivity contribution >= 4 is 27.3 Å². The van der Waals surface area contributed by atoms with Crippen LogP contribution in [0.2, 0.25) is 0 Å². The molecule has 0 spiro atoms. The Labute approximate surface area is 140 Å². The fourth-order valence-electron chi connectivity index (χ4n) is 1.97. The predicted octanol–water partition coefficient (Wildman–Crippen LogP) is 1.61. The van der Waals surface area contributed by atoms with Crippen LogP contribution in [0.4, 0.5) is 0 Å². The molecule has 8 heteroatoms. The molecule has 0 unspecified atom stereocenters. The van der Waals surface area contributed by atoms with Crippen LogP contribution in [0.25, 0.3) is 0 Å². The summed E-state index contributed by atoms with van der Waals surface area (Å²) in [4.78, 5) is 17.2. The molecule has 1 aromatic carbocycles. The fraction of sp³-hybridized carbons (Fsp3) is 0.333. The predicted molar refractivity (Wildman–Crippen MR) is 89.7 cm³/mol. The van der Waals surface area contributed by atoms with E-state index in [1.165, 1.54) is 7.05 Å². The normalized spacial score (nSPS) is 11.4. The Balaban J connectivity index is 1.82. The van der Waals surface area contributed by atoms with Gasteiger partial charge in [0.15, 0.2) is 0 Å². The number of aryl methyl sites for hydroxylation is 2. The van der Waals surface area contributed by atoms with Gasteiger partial charge in [-0.25, -0.2) is 18.1 Å². The van der Waals surface area contributed by atoms with Gasteiger partial charge in [-0.3, -0.25) is 4.79 Å². The van der Waals surface area contributed by atoms with Crippen molar-refractivity contribution in [2.24, 2.45) is 0 Å². The van der Waals surface area contributed by atoms with E-state index >= 15 is 0 Å². The van der Waals surface area contributed by atoms with Crippen LogP contribution < -0.4 is 10.0 Å². The van der Waals surface area contributed by atoms with Gasteiger partial charge < -0.3 is 5.32 Å². The molecule has 0 radical (unpaired) electrons. The Morgan fingerprint density at radius 1 is 1.26 bits per heavy atom. The second-order valence-electron chi connectivity index (χ2n) is 4.97. The van der Waals surface area contributed by atoms with Crippen molar-refractivity contribution in [2.75, 3.05) is 7.05 Å². The lowest BCUT2D eigenvalue weighted by Crippen LogP contribution is -2.22. The van der Waals surface area contributed by atoms with Crippen molar-refractivity contribution in [1.82, 2.24) is 15.0 Å². The zero-order valence-corrected chi connectivity index (χ0v) is 14.6. The topological polar surface area (TPSA) is 88.2 Å². The van der Waals surface area contributed by atoms with Crippen LogP contribution in [-0.2, 0) is 27.8 Å². The van der Waals surface area contributed by atoms with Crippen molar-refractivity contribution in [3.05, 3.63) is 45.9 Å². The van der Waals surface area contributed by atoms with Crippen LogP contribution in [0.1, 0.15) is 21.9 Å². The van der Waals surface area contributed by atoms with Crippen molar-refractivity contribution in [1.29, 1.82) is 0 Å². The fourth-order valence-corrected chi connectivity index (χ4v) is 3.44. The Hall–Kier alpha value is -1.77. The van der Waals surface area contributed by atoms with E-state index in [4.69, 9.17) is 0 Å². The summed E-state index contributed by atoms with van der Waals surface area (Å²) in [6.07, 6.45) is 2.69. The molecule has 2 aromatic rings. The third-order valence-electron chi connectivity index (χ3n) is 3.27. The van der Waals surface area contributed by atoms with E-state index in [0.29, 0.717) is 19.4 Å². The number of carbonyl (C=O) groups excluding carboxylic acids is 1. The van der Waals surface area contributed by atoms with Crippen molar-refractivity contribution in [3.63, 3.8) is 0 Å². The van der Waals surface area contributed by atoms with E-state index in [9.17, 15) is 13.2 Å². The number of aromatic nitrogens is 1. The van der Waals surface area contributed by atoms with E-state index < -0.39 is 10.0 Å². The molecule has 1 heterocycles. The lowest BCUT2D eigenvalue weighted by molar-refractivity contribution is -0.121. The highest BCUT2D eigenvalue weighted by Gasteiger charge is 2.10. The van der Waals surface area contributed by atoms with Crippen LogP contribution in [-0.4, -0.2) is 26.4 Å². The highest BCUT2D eigenvalue weighted by Crippen LogP contribution is 2.12. The van der Waals surface area contributed by atoms with Crippen molar-refractivity contribution in [3.8, 4) is 0 Å². The highest BCUT2D eigenvalue weighted by atomic mass is 32.2. The molecule has 0 aliphatic heterocycles. The maximum absolute atomic E-state index is 11.8. The molecule has 0 aliphatic rings. The van der Waals surface area contributed by atoms with E-state index in [1.807, 2.05) is 6.92 Å². The molecule has 2 N–H and O–H groups in total. The third kappa shape index (κ3) is 5.12. The summed E-state index contributed by atoms with van der Waals surface area (Å²) in [5.74, 6) is -0.0389. The number of hydrogen-bond donors (Lipinski definition) is 2. The van der Waals surface area contributed by atoms with Crippen LogP contribution >= 0.6 is 11.3 Å². The van der Waals surface area contributed by atoms with Gasteiger partial charge in [0.1, 0.15) is 0 Å². The van der Waals surface area contributed by atoms with Crippen LogP contribution in [0.3, 0.4) is 0 Å². The van der Waals surface area contributed by atoms with E-state index in [2.05, 4.69) is 15.0 Å². The summed E-state index contributed by atoms with van der Waals surface area (Å²) < 4.78 is 25.5. The van der Waals surface area contributed by atoms with Gasteiger partial charge in [0.05, 0.1) is 16.4 Å². The molecular formula is C15H19N3O3S2. The minimum atomic E-state index is -3.42. The van der Waals surface area contributed by atoms with E-state index in [0.717, 1.165) is 15.4 Å². The highest BCUT2D eigenvalue weighted by molar-refractivity contribution is 7.89. The third-order valence-corrected chi connectivity index (χ3v) is 5.62. The Bertz CT molecular complexity index is 768. The minimum absolute atomic E-state index is 0.0389. The molecule has 6 nitrogen and oxygen atoms in total. The Morgan fingerprint density at radius 3 is 2.52 bits per heavy atom. The first-order chi connectivity index (χ1) is 10.9. The average Bonchev–Trinajstić information content (AvgIpc) is 2.97. The van der Waals surface area contributed by atoms with Crippen LogP contribution in [0, 0.1) is 6.92 Å². The first kappa shape index (κ1) is 17.6. The van der Waals surface area contributed by atoms with Gasteiger partial charge >= 0.3 is 0 Å². The summed E-state index contributed by atoms with van der Waals surface area (Å²) in [5.41, 5.74) is 0.920. The van der Waals surface area contributed by atoms with Gasteiger partial charge in [0, 0.05) is 17.5 Å². The molecule has 0 saturated heterocycles. The molecule has 0 atom stereocenters. The standard InChI is InChI=1S/C15H19N3O3S2/c1-11-17-9-13(22-11)10-18-15(19)8-5-12-3-6-14(7-4-12)23(20,21)16-2/h3-4,6-7,9,16H,5,8,10H2,1-2H3,(H,18,19). The summed E-state index contributed by atoms with van der Waals surface area (Å²) in [7, 11) is -2.04. The maximum Gasteiger partial charge on any atom is 0.240 e. The zero-order valence-electron chi connectivity index (χ0n) is 13.0. The quantitative estimate of drug-likeness (QED) is 0.791. The van der Waals surface area contributed by atoms with Crippen LogP contribution in [0.15, 0.2) is 35.4 Å². The van der Waals surface area contributed by atoms with Gasteiger partial charge in [0.25, 0.3) is 0 Å². The minimum Gasteiger partial charge on any atom is -0.351 e. The number of nitrogens with zero attached hydrogens (tertiary/aromatic N) is 1. The Kier molecular flexibility index (Phi) is 5.86. The molecule has 0 saturated carbocycles. The molecule has 2 rings (SSSR count). The van der Waals surface area contributed by atoms with Crippen molar-refractivity contribution in [2.45, 2.75) is 31.2 Å². The van der Waals surface area contributed by atoms with Crippen LogP contribution in [0.5, 0.6) is 0 Å². The molecule has 0 bridgehead atoms. The second kappa shape index (κ2) is 7.67. The lowest BCUT2D eigenvalue weighted by Gasteiger charge is -2.06. The first-order valence-corrected chi connectivity index (χ1v) is 9.41. The smallest absolute Gasteiger partial charge is 0.240 e. The van der Waals surface area contributed by atoms with Gasteiger partial charge in [-0.1, -0.05) is 12.1 Å². The second-order valence-corrected chi connectivity index (χ2v) is 8.18. The lowest BCUT2D eigenvalue weighted by atomic mass is 10.1. The number of hydrogen-bond acceptors (Lipinski definition) is 5. The van der Waals surface area contributed by atoms with Gasteiger partial charge in [-0.05, 0) is 38.1 Å². The first-order valence-electron chi connectivity index (χ1n) is 7.11. The largest absolute Gasteiger partial charge is 0.351 e. The number of amides is 1. The van der Waals surface area contributed by atoms with Crippen molar-refractivity contribution < 1.29 is 13.2 Å². The summed E-state index contributed by atoms with van der Waals surface area (Å²) in [6, 6.07) is 6.53. The summed E-state index contributed by atoms with van der Waals surface area (Å²) >= 11 is 1.56. The van der Waals surface area contributed by atoms with E-state index in [1.54, 1.807) is 41.8 Å². The van der Waals surface area contributed by atoms with Gasteiger partial charge in [-0.2, -0.15) is 0 Å². The van der Waals surface area contributed by atoms with E-state index in [-0.39, 0.29) is 10.8 Å². The number of nitrogens with one attached hydrogen (secondary N) is 2. The number of rotatable bonds is 7. The summed E-state index contributed by atoms with van der Waals surface area (Å²) in [5, 5.41) is 3.83. The number of benzene rings is 1. The van der Waals surface area contributed by atoms with Gasteiger partial charge in [-0.15, -0.1) is 11.3 Å². The number of sulfonamides is 1. The summed E-state index contributed by atoms with van der Waals surface area (Å²) in [6.45, 7) is 2.41. The monoisotopic (exact) mass is 353 g/mol. The molecule has 1 amide bonds. The average molecular weight is 353 g/mol.